The van der Waals surface area contributed by atoms with Crippen molar-refractivity contribution in [3.05, 3.63) is 18.2 Å². The van der Waals surface area contributed by atoms with Crippen molar-refractivity contribution in [2.75, 3.05) is 6.54 Å². The van der Waals surface area contributed by atoms with Crippen LogP contribution in [0.5, 0.6) is 0 Å². The van der Waals surface area contributed by atoms with Gasteiger partial charge in [0.15, 0.2) is 0 Å². The molecule has 0 atom stereocenters. The highest BCUT2D eigenvalue weighted by Gasteiger charge is 2.36. The van der Waals surface area contributed by atoms with Gasteiger partial charge < -0.3 is 16.0 Å². The van der Waals surface area contributed by atoms with Gasteiger partial charge in [0.05, 0.1) is 11.9 Å². The van der Waals surface area contributed by atoms with Gasteiger partial charge >= 0.3 is 0 Å². The van der Waals surface area contributed by atoms with Crippen LogP contribution in [0.15, 0.2) is 12.5 Å². The Bertz CT molecular complexity index is 341. The Balaban J connectivity index is 1.75. The number of hydrogen-bond donors (Lipinski definition) is 3. The number of aromatic nitrogens is 2. The highest BCUT2D eigenvalue weighted by molar-refractivity contribution is 5.86. The SMILES string of the molecule is NC1(C(=O)NCCc2cnc[nH]2)CCCC1. The lowest BCUT2D eigenvalue weighted by Crippen LogP contribution is -2.52. The standard InChI is InChI=1S/C11H18N4O/c12-11(4-1-2-5-11)10(16)14-6-3-9-7-13-8-15-9/h7-8H,1-6,12H2,(H,13,15)(H,14,16). The zero-order valence-electron chi connectivity index (χ0n) is 9.33. The second-order valence-corrected chi connectivity index (χ2v) is 4.45. The van der Waals surface area contributed by atoms with Crippen LogP contribution < -0.4 is 11.1 Å². The van der Waals surface area contributed by atoms with Gasteiger partial charge in [-0.05, 0) is 12.8 Å². The quantitative estimate of drug-likeness (QED) is 0.687. The summed E-state index contributed by atoms with van der Waals surface area (Å²) in [5, 5.41) is 2.89. The zero-order chi connectivity index (χ0) is 11.4. The van der Waals surface area contributed by atoms with E-state index in [-0.39, 0.29) is 5.91 Å². The van der Waals surface area contributed by atoms with Crippen molar-refractivity contribution in [1.82, 2.24) is 15.3 Å². The van der Waals surface area contributed by atoms with Crippen LogP contribution in [-0.4, -0.2) is 28.0 Å². The van der Waals surface area contributed by atoms with Gasteiger partial charge in [0.1, 0.15) is 0 Å². The molecule has 1 aromatic rings. The predicted octanol–water partition coefficient (Wildman–Crippen LogP) is 0.340. The fourth-order valence-corrected chi connectivity index (χ4v) is 2.14. The van der Waals surface area contributed by atoms with Crippen LogP contribution in [0, 0.1) is 0 Å². The Hall–Kier alpha value is -1.36. The molecule has 1 aliphatic carbocycles. The van der Waals surface area contributed by atoms with Crippen molar-refractivity contribution in [1.29, 1.82) is 0 Å². The highest BCUT2D eigenvalue weighted by Crippen LogP contribution is 2.27. The minimum absolute atomic E-state index is 0.00971. The second kappa shape index (κ2) is 4.65. The van der Waals surface area contributed by atoms with Crippen molar-refractivity contribution in [3.8, 4) is 0 Å². The minimum atomic E-state index is -0.617. The van der Waals surface area contributed by atoms with Crippen molar-refractivity contribution >= 4 is 5.91 Å². The van der Waals surface area contributed by atoms with Gasteiger partial charge in [0.25, 0.3) is 0 Å². The number of aromatic amines is 1. The van der Waals surface area contributed by atoms with Gasteiger partial charge in [-0.1, -0.05) is 12.8 Å². The second-order valence-electron chi connectivity index (χ2n) is 4.45. The minimum Gasteiger partial charge on any atom is -0.354 e. The van der Waals surface area contributed by atoms with E-state index < -0.39 is 5.54 Å². The molecule has 1 saturated carbocycles. The van der Waals surface area contributed by atoms with Crippen molar-refractivity contribution in [3.63, 3.8) is 0 Å². The molecule has 0 spiro atoms. The molecule has 1 amide bonds. The summed E-state index contributed by atoms with van der Waals surface area (Å²) in [6.45, 7) is 0.611. The molecule has 0 saturated heterocycles. The molecule has 1 aliphatic rings. The molecular formula is C11H18N4O. The summed E-state index contributed by atoms with van der Waals surface area (Å²) in [7, 11) is 0. The summed E-state index contributed by atoms with van der Waals surface area (Å²) in [5.41, 5.74) is 6.44. The van der Waals surface area contributed by atoms with Gasteiger partial charge in [0, 0.05) is 24.9 Å². The van der Waals surface area contributed by atoms with Gasteiger partial charge in [-0.2, -0.15) is 0 Å². The summed E-state index contributed by atoms with van der Waals surface area (Å²) in [5.74, 6) is -0.00971. The van der Waals surface area contributed by atoms with Crippen LogP contribution in [0.4, 0.5) is 0 Å². The van der Waals surface area contributed by atoms with E-state index in [4.69, 9.17) is 5.73 Å². The molecule has 5 nitrogen and oxygen atoms in total. The predicted molar refractivity (Wildman–Crippen MR) is 60.7 cm³/mol. The maximum absolute atomic E-state index is 11.8. The molecule has 1 aromatic heterocycles. The molecule has 2 rings (SSSR count). The molecule has 0 bridgehead atoms. The number of carbonyl (C=O) groups is 1. The van der Waals surface area contributed by atoms with Gasteiger partial charge in [0.2, 0.25) is 5.91 Å². The van der Waals surface area contributed by atoms with E-state index in [0.717, 1.165) is 37.8 Å². The van der Waals surface area contributed by atoms with Crippen molar-refractivity contribution < 1.29 is 4.79 Å². The first-order valence-electron chi connectivity index (χ1n) is 5.75. The number of nitrogens with zero attached hydrogens (tertiary/aromatic N) is 1. The Morgan fingerprint density at radius 1 is 1.56 bits per heavy atom. The number of nitrogens with one attached hydrogen (secondary N) is 2. The van der Waals surface area contributed by atoms with E-state index in [9.17, 15) is 4.79 Å². The van der Waals surface area contributed by atoms with Crippen LogP contribution in [0.25, 0.3) is 0 Å². The maximum atomic E-state index is 11.8. The zero-order valence-corrected chi connectivity index (χ0v) is 9.33. The van der Waals surface area contributed by atoms with E-state index in [1.54, 1.807) is 12.5 Å². The van der Waals surface area contributed by atoms with Crippen LogP contribution in [0.2, 0.25) is 0 Å². The Morgan fingerprint density at radius 2 is 2.31 bits per heavy atom. The molecule has 0 aliphatic heterocycles. The number of rotatable bonds is 4. The third kappa shape index (κ3) is 2.41. The largest absolute Gasteiger partial charge is 0.354 e. The summed E-state index contributed by atoms with van der Waals surface area (Å²) >= 11 is 0. The number of H-pyrrole nitrogens is 1. The van der Waals surface area contributed by atoms with E-state index in [0.29, 0.717) is 6.54 Å². The first-order valence-corrected chi connectivity index (χ1v) is 5.75. The third-order valence-electron chi connectivity index (χ3n) is 3.18. The van der Waals surface area contributed by atoms with Crippen LogP contribution in [0.1, 0.15) is 31.4 Å². The molecule has 0 radical (unpaired) electrons. The first-order chi connectivity index (χ1) is 7.71. The Labute approximate surface area is 94.8 Å². The number of amides is 1. The Morgan fingerprint density at radius 3 is 2.94 bits per heavy atom. The van der Waals surface area contributed by atoms with E-state index in [1.807, 2.05) is 0 Å². The van der Waals surface area contributed by atoms with Crippen LogP contribution in [0.3, 0.4) is 0 Å². The summed E-state index contributed by atoms with van der Waals surface area (Å²) in [4.78, 5) is 18.7. The lowest BCUT2D eigenvalue weighted by atomic mass is 9.98. The summed E-state index contributed by atoms with van der Waals surface area (Å²) < 4.78 is 0. The average molecular weight is 222 g/mol. The van der Waals surface area contributed by atoms with E-state index in [1.165, 1.54) is 0 Å². The molecule has 4 N–H and O–H groups in total. The van der Waals surface area contributed by atoms with Crippen LogP contribution in [-0.2, 0) is 11.2 Å². The molecule has 1 heterocycles. The summed E-state index contributed by atoms with van der Waals surface area (Å²) in [6.07, 6.45) is 7.90. The molecule has 16 heavy (non-hydrogen) atoms. The fraction of sp³-hybridized carbons (Fsp3) is 0.636. The number of carbonyl (C=O) groups excluding carboxylic acids is 1. The fourth-order valence-electron chi connectivity index (χ4n) is 2.14. The Kier molecular flexibility index (Phi) is 3.24. The number of hydrogen-bond acceptors (Lipinski definition) is 3. The third-order valence-corrected chi connectivity index (χ3v) is 3.18. The number of nitrogens with two attached hydrogens (primary N) is 1. The van der Waals surface area contributed by atoms with Gasteiger partial charge in [-0.3, -0.25) is 4.79 Å². The van der Waals surface area contributed by atoms with E-state index >= 15 is 0 Å². The molecule has 0 unspecified atom stereocenters. The smallest absolute Gasteiger partial charge is 0.240 e. The molecule has 1 fully saturated rings. The lowest BCUT2D eigenvalue weighted by Gasteiger charge is -2.22. The molecule has 0 aromatic carbocycles. The van der Waals surface area contributed by atoms with Crippen molar-refractivity contribution in [2.45, 2.75) is 37.6 Å². The molecule has 88 valence electrons. The van der Waals surface area contributed by atoms with Gasteiger partial charge in [-0.25, -0.2) is 4.98 Å². The number of imidazole rings is 1. The van der Waals surface area contributed by atoms with E-state index in [2.05, 4.69) is 15.3 Å². The lowest BCUT2D eigenvalue weighted by molar-refractivity contribution is -0.126. The highest BCUT2D eigenvalue weighted by atomic mass is 16.2. The normalized spacial score (nSPS) is 18.6. The maximum Gasteiger partial charge on any atom is 0.240 e. The molecular weight excluding hydrogens is 204 g/mol. The van der Waals surface area contributed by atoms with Crippen LogP contribution >= 0.6 is 0 Å². The van der Waals surface area contributed by atoms with Gasteiger partial charge in [-0.15, -0.1) is 0 Å². The monoisotopic (exact) mass is 222 g/mol. The van der Waals surface area contributed by atoms with Crippen molar-refractivity contribution in [2.24, 2.45) is 5.73 Å². The average Bonchev–Trinajstić information content (AvgIpc) is 2.90. The molecule has 5 heteroatoms. The topological polar surface area (TPSA) is 83.8 Å². The first kappa shape index (κ1) is 11.1. The summed E-state index contributed by atoms with van der Waals surface area (Å²) in [6, 6.07) is 0.